The van der Waals surface area contributed by atoms with Gasteiger partial charge in [-0.2, -0.15) is 0 Å². The molecule has 1 amide bonds. The Bertz CT molecular complexity index is 1160. The Labute approximate surface area is 196 Å². The summed E-state index contributed by atoms with van der Waals surface area (Å²) in [5, 5.41) is 6.84. The molecule has 2 aromatic carbocycles. The second-order valence-electron chi connectivity index (χ2n) is 6.24. The monoisotopic (exact) mass is 491 g/mol. The lowest BCUT2D eigenvalue weighted by atomic mass is 10.1. The van der Waals surface area contributed by atoms with Gasteiger partial charge in [-0.15, -0.1) is 22.7 Å². The Hall–Kier alpha value is -1.90. The zero-order valence-corrected chi connectivity index (χ0v) is 19.4. The van der Waals surface area contributed by atoms with E-state index in [0.717, 1.165) is 31.1 Å². The van der Waals surface area contributed by atoms with Crippen molar-refractivity contribution in [2.24, 2.45) is 0 Å². The van der Waals surface area contributed by atoms with E-state index >= 15 is 0 Å². The van der Waals surface area contributed by atoms with Crippen LogP contribution in [-0.2, 0) is 11.2 Å². The van der Waals surface area contributed by atoms with Crippen LogP contribution in [0.15, 0.2) is 64.4 Å². The number of carbonyl (C=O) groups excluding carboxylic acids is 1. The number of rotatable bonds is 7. The summed E-state index contributed by atoms with van der Waals surface area (Å²) in [6, 6.07) is 15.3. The number of thiazole rings is 2. The third kappa shape index (κ3) is 5.62. The molecule has 0 radical (unpaired) electrons. The van der Waals surface area contributed by atoms with E-state index in [1.54, 1.807) is 6.20 Å². The van der Waals surface area contributed by atoms with Crippen molar-refractivity contribution < 1.29 is 4.79 Å². The smallest absolute Gasteiger partial charge is 0.236 e. The second-order valence-corrected chi connectivity index (χ2v) is 10.3. The molecular formula is C21H15Cl2N3OS3. The summed E-state index contributed by atoms with van der Waals surface area (Å²) in [6.07, 6.45) is 2.46. The van der Waals surface area contributed by atoms with Gasteiger partial charge in [-0.05, 0) is 23.8 Å². The van der Waals surface area contributed by atoms with Crippen LogP contribution < -0.4 is 5.32 Å². The number of aromatic nitrogens is 2. The summed E-state index contributed by atoms with van der Waals surface area (Å²) in [5.74, 6) is 0.161. The molecule has 4 rings (SSSR count). The van der Waals surface area contributed by atoms with Crippen LogP contribution >= 0.6 is 57.6 Å². The maximum absolute atomic E-state index is 12.3. The molecule has 0 bridgehead atoms. The molecule has 152 valence electrons. The van der Waals surface area contributed by atoms with Crippen molar-refractivity contribution in [1.29, 1.82) is 0 Å². The first-order chi connectivity index (χ1) is 14.6. The van der Waals surface area contributed by atoms with Crippen molar-refractivity contribution in [3.63, 3.8) is 0 Å². The Morgan fingerprint density at radius 3 is 2.70 bits per heavy atom. The molecule has 0 saturated carbocycles. The highest BCUT2D eigenvalue weighted by Crippen LogP contribution is 2.29. The first-order valence-corrected chi connectivity index (χ1v) is 12.3. The van der Waals surface area contributed by atoms with Gasteiger partial charge in [0.05, 0.1) is 11.4 Å². The molecule has 0 aliphatic heterocycles. The van der Waals surface area contributed by atoms with Gasteiger partial charge in [0.1, 0.15) is 0 Å². The number of anilines is 1. The highest BCUT2D eigenvalue weighted by Gasteiger charge is 2.11. The molecule has 0 atom stereocenters. The van der Waals surface area contributed by atoms with Crippen LogP contribution in [0.3, 0.4) is 0 Å². The van der Waals surface area contributed by atoms with E-state index in [9.17, 15) is 4.79 Å². The number of carbonyl (C=O) groups is 1. The molecule has 1 N–H and O–H groups in total. The van der Waals surface area contributed by atoms with E-state index in [4.69, 9.17) is 23.2 Å². The Morgan fingerprint density at radius 1 is 1.10 bits per heavy atom. The maximum Gasteiger partial charge on any atom is 0.236 e. The van der Waals surface area contributed by atoms with Gasteiger partial charge >= 0.3 is 0 Å². The van der Waals surface area contributed by atoms with E-state index < -0.39 is 0 Å². The number of benzene rings is 2. The van der Waals surface area contributed by atoms with Gasteiger partial charge in [-0.1, -0.05) is 65.3 Å². The molecule has 0 saturated heterocycles. The number of nitrogens with zero attached hydrogens (tertiary/aromatic N) is 2. The lowest BCUT2D eigenvalue weighted by molar-refractivity contribution is -0.113. The minimum Gasteiger partial charge on any atom is -0.301 e. The lowest BCUT2D eigenvalue weighted by Crippen LogP contribution is -2.13. The molecule has 4 nitrogen and oxygen atoms in total. The molecular weight excluding hydrogens is 477 g/mol. The first kappa shape index (κ1) is 21.3. The molecule has 4 aromatic rings. The van der Waals surface area contributed by atoms with Crippen LogP contribution in [0.1, 0.15) is 10.4 Å². The van der Waals surface area contributed by atoms with Gasteiger partial charge in [-0.3, -0.25) is 4.79 Å². The van der Waals surface area contributed by atoms with Crippen LogP contribution in [0.2, 0.25) is 10.0 Å². The Balaban J connectivity index is 1.30. The van der Waals surface area contributed by atoms with E-state index in [-0.39, 0.29) is 11.7 Å². The number of thioether (sulfide) groups is 1. The van der Waals surface area contributed by atoms with Gasteiger partial charge in [0, 0.05) is 38.5 Å². The first-order valence-electron chi connectivity index (χ1n) is 8.89. The fourth-order valence-electron chi connectivity index (χ4n) is 2.64. The van der Waals surface area contributed by atoms with Crippen molar-refractivity contribution in [2.75, 3.05) is 11.1 Å². The van der Waals surface area contributed by atoms with E-state index in [0.29, 0.717) is 16.6 Å². The Kier molecular flexibility index (Phi) is 7.07. The van der Waals surface area contributed by atoms with Crippen LogP contribution in [-0.4, -0.2) is 21.6 Å². The number of hydrogen-bond acceptors (Lipinski definition) is 6. The summed E-state index contributed by atoms with van der Waals surface area (Å²) in [7, 11) is 0. The topological polar surface area (TPSA) is 54.9 Å². The number of amides is 1. The lowest BCUT2D eigenvalue weighted by Gasteiger charge is -2.01. The van der Waals surface area contributed by atoms with Crippen molar-refractivity contribution in [2.45, 2.75) is 10.8 Å². The van der Waals surface area contributed by atoms with E-state index in [2.05, 4.69) is 15.3 Å². The number of halogens is 2. The minimum absolute atomic E-state index is 0.109. The molecule has 2 aromatic heterocycles. The standard InChI is InChI=1S/C21H15Cl2N3OS3/c22-15-7-5-13(6-8-15)18-11-28-21(25-18)29-12-19(27)26-20-24-10-16(30-20)9-14-3-1-2-4-17(14)23/h1-8,10-11H,9,12H2,(H,24,26,27). The zero-order chi connectivity index (χ0) is 20.9. The van der Waals surface area contributed by atoms with E-state index in [1.807, 2.05) is 53.9 Å². The molecule has 0 fully saturated rings. The highest BCUT2D eigenvalue weighted by molar-refractivity contribution is 8.01. The van der Waals surface area contributed by atoms with Crippen LogP contribution in [0.25, 0.3) is 11.3 Å². The third-order valence-corrected chi connectivity index (χ3v) is 7.63. The third-order valence-electron chi connectivity index (χ3n) is 4.07. The minimum atomic E-state index is -0.109. The van der Waals surface area contributed by atoms with E-state index in [1.165, 1.54) is 34.4 Å². The van der Waals surface area contributed by atoms with Crippen LogP contribution in [0, 0.1) is 0 Å². The normalized spacial score (nSPS) is 10.9. The largest absolute Gasteiger partial charge is 0.301 e. The molecule has 0 aliphatic carbocycles. The predicted molar refractivity (Wildman–Crippen MR) is 128 cm³/mol. The van der Waals surface area contributed by atoms with Gasteiger partial charge in [0.2, 0.25) is 5.91 Å². The van der Waals surface area contributed by atoms with Gasteiger partial charge < -0.3 is 5.32 Å². The number of nitrogens with one attached hydrogen (secondary N) is 1. The summed E-state index contributed by atoms with van der Waals surface area (Å²) in [4.78, 5) is 22.2. The van der Waals surface area contributed by atoms with Crippen molar-refractivity contribution in [3.8, 4) is 11.3 Å². The summed E-state index contributed by atoms with van der Waals surface area (Å²) >= 11 is 16.5. The molecule has 2 heterocycles. The fraction of sp³-hybridized carbons (Fsp3) is 0.0952. The van der Waals surface area contributed by atoms with Crippen molar-refractivity contribution in [3.05, 3.63) is 80.6 Å². The molecule has 0 aliphatic rings. The summed E-state index contributed by atoms with van der Waals surface area (Å²) in [5.41, 5.74) is 2.92. The molecule has 9 heteroatoms. The zero-order valence-electron chi connectivity index (χ0n) is 15.5. The van der Waals surface area contributed by atoms with Crippen LogP contribution in [0.5, 0.6) is 0 Å². The van der Waals surface area contributed by atoms with Gasteiger partial charge in [-0.25, -0.2) is 9.97 Å². The second kappa shape index (κ2) is 9.94. The van der Waals surface area contributed by atoms with Crippen LogP contribution in [0.4, 0.5) is 5.13 Å². The fourth-order valence-corrected chi connectivity index (χ4v) is 5.45. The molecule has 30 heavy (non-hydrogen) atoms. The van der Waals surface area contributed by atoms with Gasteiger partial charge in [0.25, 0.3) is 0 Å². The summed E-state index contributed by atoms with van der Waals surface area (Å²) < 4.78 is 0.841. The van der Waals surface area contributed by atoms with Crippen molar-refractivity contribution in [1.82, 2.24) is 9.97 Å². The average Bonchev–Trinajstić information content (AvgIpc) is 3.38. The van der Waals surface area contributed by atoms with Crippen molar-refractivity contribution >= 4 is 68.7 Å². The maximum atomic E-state index is 12.3. The Morgan fingerprint density at radius 2 is 1.90 bits per heavy atom. The molecule has 0 spiro atoms. The average molecular weight is 492 g/mol. The predicted octanol–water partition coefficient (Wildman–Crippen LogP) is 6.90. The number of hydrogen-bond donors (Lipinski definition) is 1. The van der Waals surface area contributed by atoms with Gasteiger partial charge in [0.15, 0.2) is 9.47 Å². The molecule has 0 unspecified atom stereocenters. The highest BCUT2D eigenvalue weighted by atomic mass is 35.5. The summed E-state index contributed by atoms with van der Waals surface area (Å²) in [6.45, 7) is 0. The SMILES string of the molecule is O=C(CSc1nc(-c2ccc(Cl)cc2)cs1)Nc1ncc(Cc2ccccc2Cl)s1. The quantitative estimate of drug-likeness (QED) is 0.285.